The average molecular weight is 457 g/mol. The Morgan fingerprint density at radius 1 is 1.12 bits per heavy atom. The molecule has 32 heavy (non-hydrogen) atoms. The third kappa shape index (κ3) is 6.49. The number of carbonyl (C=O) groups excluding carboxylic acids is 2. The Morgan fingerprint density at radius 3 is 2.56 bits per heavy atom. The number of halogens is 1. The summed E-state index contributed by atoms with van der Waals surface area (Å²) in [5.41, 5.74) is 2.82. The van der Waals surface area contributed by atoms with Gasteiger partial charge in [0.2, 0.25) is 5.91 Å². The Kier molecular flexibility index (Phi) is 8.57. The number of nitrogens with one attached hydrogen (secondary N) is 1. The van der Waals surface area contributed by atoms with Gasteiger partial charge in [-0.3, -0.25) is 9.59 Å². The van der Waals surface area contributed by atoms with E-state index in [4.69, 9.17) is 16.3 Å². The Hall–Kier alpha value is -2.53. The summed E-state index contributed by atoms with van der Waals surface area (Å²) in [6.45, 7) is 5.80. The summed E-state index contributed by atoms with van der Waals surface area (Å²) in [4.78, 5) is 27.8. The lowest BCUT2D eigenvalue weighted by atomic mass is 9.95. The number of hydrogen-bond acceptors (Lipinski definition) is 3. The topological polar surface area (TPSA) is 58.6 Å². The molecule has 2 amide bonds. The van der Waals surface area contributed by atoms with Gasteiger partial charge < -0.3 is 15.0 Å². The maximum Gasteiger partial charge on any atom is 0.261 e. The molecule has 0 aliphatic heterocycles. The zero-order valence-electron chi connectivity index (χ0n) is 19.2. The van der Waals surface area contributed by atoms with Gasteiger partial charge in [-0.1, -0.05) is 61.2 Å². The lowest BCUT2D eigenvalue weighted by Crippen LogP contribution is -2.51. The molecule has 0 bridgehead atoms. The predicted octanol–water partition coefficient (Wildman–Crippen LogP) is 5.20. The largest absolute Gasteiger partial charge is 0.483 e. The van der Waals surface area contributed by atoms with Gasteiger partial charge in [-0.15, -0.1) is 0 Å². The van der Waals surface area contributed by atoms with Crippen LogP contribution < -0.4 is 10.1 Å². The molecule has 0 radical (unpaired) electrons. The van der Waals surface area contributed by atoms with Gasteiger partial charge in [-0.25, -0.2) is 0 Å². The normalized spacial score (nSPS) is 15.1. The lowest BCUT2D eigenvalue weighted by Gasteiger charge is -2.31. The molecule has 1 atom stereocenters. The molecular weight excluding hydrogens is 424 g/mol. The van der Waals surface area contributed by atoms with E-state index >= 15 is 0 Å². The van der Waals surface area contributed by atoms with Crippen molar-refractivity contribution in [1.82, 2.24) is 10.2 Å². The minimum atomic E-state index is -0.636. The molecule has 172 valence electrons. The predicted molar refractivity (Wildman–Crippen MR) is 128 cm³/mol. The smallest absolute Gasteiger partial charge is 0.261 e. The molecule has 1 aliphatic carbocycles. The first-order chi connectivity index (χ1) is 15.3. The van der Waals surface area contributed by atoms with Gasteiger partial charge in [0.1, 0.15) is 11.8 Å². The molecule has 0 saturated heterocycles. The van der Waals surface area contributed by atoms with Crippen molar-refractivity contribution in [3.8, 4) is 5.75 Å². The van der Waals surface area contributed by atoms with Crippen LogP contribution in [-0.4, -0.2) is 35.4 Å². The molecule has 0 aromatic heterocycles. The molecule has 3 rings (SSSR count). The van der Waals surface area contributed by atoms with Gasteiger partial charge in [0, 0.05) is 17.6 Å². The summed E-state index contributed by atoms with van der Waals surface area (Å²) in [5, 5.41) is 3.71. The molecule has 5 nitrogen and oxygen atoms in total. The van der Waals surface area contributed by atoms with Crippen molar-refractivity contribution in [1.29, 1.82) is 0 Å². The van der Waals surface area contributed by atoms with Gasteiger partial charge in [-0.2, -0.15) is 0 Å². The molecular formula is C26H33ClN2O3. The number of aryl methyl sites for hydroxylation is 2. The first-order valence-corrected chi connectivity index (χ1v) is 11.8. The SMILES string of the molecule is Cc1ccc(C)c(OCC(=O)N(Cc2ccccc2Cl)[C@@H](C)C(=O)NC2CCCCC2)c1. The summed E-state index contributed by atoms with van der Waals surface area (Å²) in [5.74, 6) is 0.288. The number of rotatable bonds is 8. The minimum absolute atomic E-state index is 0.135. The zero-order valence-corrected chi connectivity index (χ0v) is 20.0. The molecule has 1 saturated carbocycles. The van der Waals surface area contributed by atoms with Crippen molar-refractivity contribution in [2.45, 2.75) is 71.5 Å². The highest BCUT2D eigenvalue weighted by Crippen LogP contribution is 2.22. The summed E-state index contributed by atoms with van der Waals surface area (Å²) in [6.07, 6.45) is 5.46. The number of hydrogen-bond donors (Lipinski definition) is 1. The van der Waals surface area contributed by atoms with E-state index in [1.165, 1.54) is 6.42 Å². The fraction of sp³-hybridized carbons (Fsp3) is 0.462. The van der Waals surface area contributed by atoms with Gasteiger partial charge in [0.05, 0.1) is 0 Å². The van der Waals surface area contributed by atoms with Crippen LogP contribution in [0.4, 0.5) is 0 Å². The Bertz CT molecular complexity index is 940. The van der Waals surface area contributed by atoms with Crippen LogP contribution >= 0.6 is 11.6 Å². The molecule has 2 aromatic rings. The second-order valence-electron chi connectivity index (χ2n) is 8.69. The molecule has 2 aromatic carbocycles. The average Bonchev–Trinajstić information content (AvgIpc) is 2.79. The molecule has 6 heteroatoms. The molecule has 1 fully saturated rings. The van der Waals surface area contributed by atoms with Gasteiger partial charge >= 0.3 is 0 Å². The van der Waals surface area contributed by atoms with Gasteiger partial charge in [-0.05, 0) is 62.4 Å². The van der Waals surface area contributed by atoms with E-state index < -0.39 is 6.04 Å². The van der Waals surface area contributed by atoms with Crippen molar-refractivity contribution < 1.29 is 14.3 Å². The van der Waals surface area contributed by atoms with Crippen LogP contribution in [-0.2, 0) is 16.1 Å². The number of ether oxygens (including phenoxy) is 1. The van der Waals surface area contributed by atoms with Crippen LogP contribution in [0.1, 0.15) is 55.7 Å². The lowest BCUT2D eigenvalue weighted by molar-refractivity contribution is -0.142. The first-order valence-electron chi connectivity index (χ1n) is 11.4. The summed E-state index contributed by atoms with van der Waals surface area (Å²) < 4.78 is 5.85. The van der Waals surface area contributed by atoms with Gasteiger partial charge in [0.15, 0.2) is 6.61 Å². The third-order valence-corrected chi connectivity index (χ3v) is 6.48. The van der Waals surface area contributed by atoms with Crippen LogP contribution in [0.15, 0.2) is 42.5 Å². The maximum atomic E-state index is 13.2. The molecule has 1 N–H and O–H groups in total. The standard InChI is InChI=1S/C26H33ClN2O3/c1-18-13-14-19(2)24(15-18)32-17-25(30)29(16-21-9-7-8-12-23(21)27)20(3)26(31)28-22-10-5-4-6-11-22/h7-9,12-15,20,22H,4-6,10-11,16-17H2,1-3H3,(H,28,31)/t20-/m0/s1. The summed E-state index contributed by atoms with van der Waals surface area (Å²) in [6, 6.07) is 12.8. The van der Waals surface area contributed by atoms with Gasteiger partial charge in [0.25, 0.3) is 5.91 Å². The fourth-order valence-electron chi connectivity index (χ4n) is 4.05. The molecule has 0 unspecified atom stereocenters. The van der Waals surface area contributed by atoms with Crippen molar-refractivity contribution in [2.75, 3.05) is 6.61 Å². The highest BCUT2D eigenvalue weighted by atomic mass is 35.5. The van der Waals surface area contributed by atoms with Crippen LogP contribution in [0.5, 0.6) is 5.75 Å². The van der Waals surface area contributed by atoms with E-state index in [2.05, 4.69) is 5.32 Å². The van der Waals surface area contributed by atoms with E-state index in [1.807, 2.05) is 50.2 Å². The third-order valence-electron chi connectivity index (χ3n) is 6.11. The van der Waals surface area contributed by atoms with Crippen LogP contribution in [0.3, 0.4) is 0 Å². The van der Waals surface area contributed by atoms with Crippen molar-refractivity contribution in [3.05, 3.63) is 64.2 Å². The number of carbonyl (C=O) groups is 2. The Morgan fingerprint density at radius 2 is 1.84 bits per heavy atom. The highest BCUT2D eigenvalue weighted by molar-refractivity contribution is 6.31. The maximum absolute atomic E-state index is 13.2. The molecule has 0 heterocycles. The first kappa shape index (κ1) is 24.1. The van der Waals surface area contributed by atoms with E-state index in [0.717, 1.165) is 42.4 Å². The molecule has 0 spiro atoms. The van der Waals surface area contributed by atoms with Crippen molar-refractivity contribution in [2.24, 2.45) is 0 Å². The fourth-order valence-corrected chi connectivity index (χ4v) is 4.24. The van der Waals surface area contributed by atoms with E-state index in [9.17, 15) is 9.59 Å². The van der Waals surface area contributed by atoms with E-state index in [-0.39, 0.29) is 31.0 Å². The van der Waals surface area contributed by atoms with Crippen molar-refractivity contribution >= 4 is 23.4 Å². The quantitative estimate of drug-likeness (QED) is 0.593. The van der Waals surface area contributed by atoms with Crippen LogP contribution in [0, 0.1) is 13.8 Å². The number of amides is 2. The van der Waals surface area contributed by atoms with Crippen molar-refractivity contribution in [3.63, 3.8) is 0 Å². The number of nitrogens with zero attached hydrogens (tertiary/aromatic N) is 1. The van der Waals surface area contributed by atoms with Crippen LogP contribution in [0.2, 0.25) is 5.02 Å². The summed E-state index contributed by atoms with van der Waals surface area (Å²) >= 11 is 6.35. The minimum Gasteiger partial charge on any atom is -0.483 e. The summed E-state index contributed by atoms with van der Waals surface area (Å²) in [7, 11) is 0. The second kappa shape index (κ2) is 11.4. The highest BCUT2D eigenvalue weighted by Gasteiger charge is 2.29. The Labute approximate surface area is 196 Å². The van der Waals surface area contributed by atoms with E-state index in [0.29, 0.717) is 10.8 Å². The zero-order chi connectivity index (χ0) is 23.1. The monoisotopic (exact) mass is 456 g/mol. The second-order valence-corrected chi connectivity index (χ2v) is 9.10. The number of benzene rings is 2. The van der Waals surface area contributed by atoms with E-state index in [1.54, 1.807) is 17.9 Å². The van der Waals surface area contributed by atoms with Crippen LogP contribution in [0.25, 0.3) is 0 Å². The molecule has 1 aliphatic rings. The Balaban J connectivity index is 1.74.